The molecule has 0 saturated heterocycles. The van der Waals surface area contributed by atoms with Crippen molar-refractivity contribution in [3.8, 4) is 5.69 Å². The summed E-state index contributed by atoms with van der Waals surface area (Å²) in [7, 11) is 3.36. The van der Waals surface area contributed by atoms with Gasteiger partial charge < -0.3 is 20.9 Å². The molecule has 2 aromatic heterocycles. The van der Waals surface area contributed by atoms with Crippen LogP contribution in [0.2, 0.25) is 0 Å². The lowest BCUT2D eigenvalue weighted by Gasteiger charge is -2.30. The van der Waals surface area contributed by atoms with Crippen molar-refractivity contribution in [1.29, 1.82) is 0 Å². The van der Waals surface area contributed by atoms with Gasteiger partial charge in [-0.3, -0.25) is 9.59 Å². The number of halogens is 1. The summed E-state index contributed by atoms with van der Waals surface area (Å²) in [5.41, 5.74) is 2.15. The molecule has 1 aromatic carbocycles. The van der Waals surface area contributed by atoms with Gasteiger partial charge in [-0.25, -0.2) is 19.0 Å². The summed E-state index contributed by atoms with van der Waals surface area (Å²) in [6, 6.07) is 4.56. The van der Waals surface area contributed by atoms with Crippen molar-refractivity contribution in [2.45, 2.75) is 26.3 Å². The second-order valence-electron chi connectivity index (χ2n) is 8.22. The number of nitrogens with zero attached hydrogens (tertiary/aromatic N) is 5. The first-order chi connectivity index (χ1) is 15.9. The van der Waals surface area contributed by atoms with E-state index in [9.17, 15) is 14.0 Å². The number of hydrogen-bond donors (Lipinski definition) is 3. The molecule has 1 aliphatic carbocycles. The molecule has 2 aliphatic rings. The Balaban J connectivity index is 1.58. The molecule has 11 heteroatoms. The lowest BCUT2D eigenvalue weighted by molar-refractivity contribution is -0.117. The van der Waals surface area contributed by atoms with Crippen LogP contribution < -0.4 is 20.9 Å². The quantitative estimate of drug-likeness (QED) is 0.547. The molecule has 0 spiro atoms. The Bertz CT molecular complexity index is 1280. The third-order valence-corrected chi connectivity index (χ3v) is 5.70. The minimum Gasteiger partial charge on any atom is -0.364 e. The van der Waals surface area contributed by atoms with Gasteiger partial charge in [-0.15, -0.1) is 0 Å². The number of fused-ring (bicyclic) bond motifs is 3. The van der Waals surface area contributed by atoms with Gasteiger partial charge in [0.25, 0.3) is 5.91 Å². The van der Waals surface area contributed by atoms with Crippen LogP contribution >= 0.6 is 0 Å². The van der Waals surface area contributed by atoms with Crippen LogP contribution in [0.5, 0.6) is 0 Å². The first kappa shape index (κ1) is 20.9. The molecule has 3 aromatic rings. The van der Waals surface area contributed by atoms with Crippen molar-refractivity contribution >= 4 is 34.7 Å². The first-order valence-corrected chi connectivity index (χ1v) is 10.6. The molecule has 3 heterocycles. The van der Waals surface area contributed by atoms with Crippen LogP contribution in [-0.2, 0) is 11.3 Å². The monoisotopic (exact) mass is 450 g/mol. The number of aryl methyl sites for hydroxylation is 1. The van der Waals surface area contributed by atoms with E-state index in [-0.39, 0.29) is 29.0 Å². The molecule has 1 aliphatic heterocycles. The molecule has 1 saturated carbocycles. The summed E-state index contributed by atoms with van der Waals surface area (Å²) in [6.45, 7) is 2.20. The number of aromatic nitrogens is 4. The lowest BCUT2D eigenvalue weighted by atomic mass is 10.1. The first-order valence-electron chi connectivity index (χ1n) is 10.6. The van der Waals surface area contributed by atoms with Crippen LogP contribution in [0.4, 0.5) is 27.3 Å². The zero-order valence-electron chi connectivity index (χ0n) is 18.4. The normalized spacial score (nSPS) is 14.4. The van der Waals surface area contributed by atoms with Gasteiger partial charge in [-0.05, 0) is 31.9 Å². The van der Waals surface area contributed by atoms with Crippen molar-refractivity contribution in [3.05, 3.63) is 47.4 Å². The SMILES string of the molecule is CNC(=O)c1cnc(NC(=O)C2CC2)cc1Nc1ccc(F)c2c1N(C)Cc1nc(C)nn1-2. The van der Waals surface area contributed by atoms with Crippen molar-refractivity contribution in [3.63, 3.8) is 0 Å². The third kappa shape index (κ3) is 3.75. The number of hydrogen-bond acceptors (Lipinski definition) is 7. The van der Waals surface area contributed by atoms with Crippen LogP contribution in [0, 0.1) is 18.7 Å². The number of rotatable bonds is 5. The number of pyridine rings is 1. The van der Waals surface area contributed by atoms with E-state index in [2.05, 4.69) is 31.0 Å². The molecular weight excluding hydrogens is 427 g/mol. The number of benzene rings is 1. The molecular formula is C22H23FN8O2. The molecule has 0 bridgehead atoms. The molecule has 10 nitrogen and oxygen atoms in total. The third-order valence-electron chi connectivity index (χ3n) is 5.70. The predicted molar refractivity (Wildman–Crippen MR) is 120 cm³/mol. The Kier molecular flexibility index (Phi) is 4.95. The Labute approximate surface area is 189 Å². The minimum atomic E-state index is -0.438. The van der Waals surface area contributed by atoms with Gasteiger partial charge in [0.1, 0.15) is 17.3 Å². The summed E-state index contributed by atoms with van der Waals surface area (Å²) in [6.07, 6.45) is 3.14. The van der Waals surface area contributed by atoms with E-state index in [1.54, 1.807) is 19.1 Å². The summed E-state index contributed by atoms with van der Waals surface area (Å²) < 4.78 is 16.5. The van der Waals surface area contributed by atoms with Crippen LogP contribution in [0.3, 0.4) is 0 Å². The van der Waals surface area contributed by atoms with E-state index >= 15 is 0 Å². The number of anilines is 4. The predicted octanol–water partition coefficient (Wildman–Crippen LogP) is 2.51. The van der Waals surface area contributed by atoms with Crippen molar-refractivity contribution < 1.29 is 14.0 Å². The van der Waals surface area contributed by atoms with Gasteiger partial charge in [0.15, 0.2) is 11.6 Å². The van der Waals surface area contributed by atoms with Gasteiger partial charge in [-0.2, -0.15) is 5.10 Å². The van der Waals surface area contributed by atoms with E-state index in [0.29, 0.717) is 41.1 Å². The average Bonchev–Trinajstić information content (AvgIpc) is 3.57. The zero-order valence-corrected chi connectivity index (χ0v) is 18.4. The van der Waals surface area contributed by atoms with Crippen molar-refractivity contribution in [2.75, 3.05) is 29.6 Å². The highest BCUT2D eigenvalue weighted by molar-refractivity contribution is 6.02. The van der Waals surface area contributed by atoms with Gasteiger partial charge in [0.05, 0.1) is 29.2 Å². The summed E-state index contributed by atoms with van der Waals surface area (Å²) in [5, 5.41) is 13.0. The minimum absolute atomic E-state index is 0.0138. The molecule has 3 N–H and O–H groups in total. The van der Waals surface area contributed by atoms with Crippen LogP contribution in [-0.4, -0.2) is 45.7 Å². The topological polar surface area (TPSA) is 117 Å². The highest BCUT2D eigenvalue weighted by Crippen LogP contribution is 2.40. The van der Waals surface area contributed by atoms with Gasteiger partial charge in [0, 0.05) is 32.3 Å². The number of carbonyl (C=O) groups is 2. The molecule has 33 heavy (non-hydrogen) atoms. The highest BCUT2D eigenvalue weighted by Gasteiger charge is 2.31. The average molecular weight is 450 g/mol. The van der Waals surface area contributed by atoms with Crippen molar-refractivity contribution in [1.82, 2.24) is 25.1 Å². The zero-order chi connectivity index (χ0) is 23.3. The number of amides is 2. The van der Waals surface area contributed by atoms with Crippen molar-refractivity contribution in [2.24, 2.45) is 5.92 Å². The smallest absolute Gasteiger partial charge is 0.254 e. The van der Waals surface area contributed by atoms with Crippen LogP contribution in [0.15, 0.2) is 24.4 Å². The summed E-state index contributed by atoms with van der Waals surface area (Å²) >= 11 is 0. The van der Waals surface area contributed by atoms with Crippen LogP contribution in [0.25, 0.3) is 5.69 Å². The maximum Gasteiger partial charge on any atom is 0.254 e. The largest absolute Gasteiger partial charge is 0.364 e. The van der Waals surface area contributed by atoms with Gasteiger partial charge >= 0.3 is 0 Å². The molecule has 0 radical (unpaired) electrons. The molecule has 0 unspecified atom stereocenters. The van der Waals surface area contributed by atoms with E-state index in [1.165, 1.54) is 24.0 Å². The Morgan fingerprint density at radius 1 is 1.18 bits per heavy atom. The Hall–Kier alpha value is -4.02. The maximum absolute atomic E-state index is 14.9. The molecule has 5 rings (SSSR count). The Morgan fingerprint density at radius 2 is 1.97 bits per heavy atom. The van der Waals surface area contributed by atoms with Crippen LogP contribution in [0.1, 0.15) is 34.8 Å². The van der Waals surface area contributed by atoms with Gasteiger partial charge in [0.2, 0.25) is 5.91 Å². The summed E-state index contributed by atoms with van der Waals surface area (Å²) in [4.78, 5) is 35.2. The van der Waals surface area contributed by atoms with E-state index in [1.807, 2.05) is 11.9 Å². The van der Waals surface area contributed by atoms with E-state index in [4.69, 9.17) is 0 Å². The summed E-state index contributed by atoms with van der Waals surface area (Å²) in [5.74, 6) is 0.666. The molecule has 0 atom stereocenters. The maximum atomic E-state index is 14.9. The fourth-order valence-electron chi connectivity index (χ4n) is 3.94. The Morgan fingerprint density at radius 3 is 2.70 bits per heavy atom. The standard InChI is InChI=1S/C22H23FN8O2/c1-11-26-18-10-30(3)20-15(7-6-14(23)19(20)31(18)29-11)27-16-8-17(28-21(32)12-4-5-12)25-9-13(16)22(33)24-2/h6-9,12H,4-5,10H2,1-3H3,(H,24,33)(H2,25,27,28,32). The molecule has 170 valence electrons. The fraction of sp³-hybridized carbons (Fsp3) is 0.318. The second kappa shape index (κ2) is 7.84. The fourth-order valence-corrected chi connectivity index (χ4v) is 3.94. The lowest BCUT2D eigenvalue weighted by Crippen LogP contribution is -2.28. The molecule has 1 fully saturated rings. The number of carbonyl (C=O) groups excluding carboxylic acids is 2. The highest BCUT2D eigenvalue weighted by atomic mass is 19.1. The van der Waals surface area contributed by atoms with E-state index in [0.717, 1.165) is 12.8 Å². The second-order valence-corrected chi connectivity index (χ2v) is 8.22. The molecule has 2 amide bonds. The number of nitrogens with one attached hydrogen (secondary N) is 3. The van der Waals surface area contributed by atoms with E-state index < -0.39 is 5.82 Å². The van der Waals surface area contributed by atoms with Gasteiger partial charge in [-0.1, -0.05) is 0 Å².